The molecular formula is C14H7BN2OS. The standard InChI is InChI=1S/C14H7BN2OS/c15-8-4-3-5-9-12(8)13(18)17-10-6-1-2-7-11(10)19-14(17)16-9/h1-7H. The maximum atomic E-state index is 12.6. The van der Waals surface area contributed by atoms with Gasteiger partial charge in [-0.2, -0.15) is 0 Å². The lowest BCUT2D eigenvalue weighted by atomic mass is 9.92. The highest BCUT2D eigenvalue weighted by molar-refractivity contribution is 7.23. The van der Waals surface area contributed by atoms with Gasteiger partial charge in [0.05, 0.1) is 21.1 Å². The highest BCUT2D eigenvalue weighted by Gasteiger charge is 2.11. The first-order valence-electron chi connectivity index (χ1n) is 5.84. The van der Waals surface area contributed by atoms with E-state index in [1.54, 1.807) is 10.5 Å². The summed E-state index contributed by atoms with van der Waals surface area (Å²) < 4.78 is 2.68. The fraction of sp³-hybridized carbons (Fsp3) is 0. The summed E-state index contributed by atoms with van der Waals surface area (Å²) in [6.45, 7) is 0. The van der Waals surface area contributed by atoms with Crippen LogP contribution in [-0.2, 0) is 0 Å². The number of para-hydroxylation sites is 1. The first kappa shape index (κ1) is 10.8. The van der Waals surface area contributed by atoms with Gasteiger partial charge in [0, 0.05) is 0 Å². The van der Waals surface area contributed by atoms with Gasteiger partial charge in [-0.1, -0.05) is 41.1 Å². The second-order valence-corrected chi connectivity index (χ2v) is 5.36. The summed E-state index contributed by atoms with van der Waals surface area (Å²) in [5.74, 6) is 0. The second kappa shape index (κ2) is 3.68. The lowest BCUT2D eigenvalue weighted by Crippen LogP contribution is -2.20. The van der Waals surface area contributed by atoms with Crippen LogP contribution in [0, 0.1) is 0 Å². The quantitative estimate of drug-likeness (QED) is 0.453. The molecule has 0 aliphatic rings. The molecule has 0 fully saturated rings. The fourth-order valence-corrected chi connectivity index (χ4v) is 3.37. The van der Waals surface area contributed by atoms with E-state index >= 15 is 0 Å². The Balaban J connectivity index is 2.39. The Morgan fingerprint density at radius 2 is 1.95 bits per heavy atom. The smallest absolute Gasteiger partial charge is 0.266 e. The lowest BCUT2D eigenvalue weighted by molar-refractivity contribution is 1.16. The van der Waals surface area contributed by atoms with E-state index in [0.29, 0.717) is 21.3 Å². The molecule has 4 rings (SSSR count). The van der Waals surface area contributed by atoms with Crippen LogP contribution in [0.15, 0.2) is 47.3 Å². The van der Waals surface area contributed by atoms with Crippen molar-refractivity contribution in [1.82, 2.24) is 9.38 Å². The fourth-order valence-electron chi connectivity index (χ4n) is 2.34. The molecule has 19 heavy (non-hydrogen) atoms. The summed E-state index contributed by atoms with van der Waals surface area (Å²) in [5.41, 5.74) is 1.90. The van der Waals surface area contributed by atoms with Crippen molar-refractivity contribution < 1.29 is 0 Å². The third-order valence-corrected chi connectivity index (χ3v) is 4.23. The van der Waals surface area contributed by atoms with Crippen LogP contribution in [-0.4, -0.2) is 17.2 Å². The minimum absolute atomic E-state index is 0.101. The molecule has 0 N–H and O–H groups in total. The summed E-state index contributed by atoms with van der Waals surface area (Å²) in [6, 6.07) is 13.1. The zero-order valence-corrected chi connectivity index (χ0v) is 10.6. The number of benzene rings is 2. The minimum atomic E-state index is -0.101. The molecule has 88 valence electrons. The van der Waals surface area contributed by atoms with E-state index in [9.17, 15) is 4.79 Å². The van der Waals surface area contributed by atoms with Crippen molar-refractivity contribution in [3.63, 3.8) is 0 Å². The molecule has 0 spiro atoms. The van der Waals surface area contributed by atoms with Crippen LogP contribution < -0.4 is 11.0 Å². The Morgan fingerprint density at radius 3 is 2.84 bits per heavy atom. The SMILES string of the molecule is [B]c1cccc2nc3sc4ccccc4n3c(=O)c12. The molecule has 0 saturated carbocycles. The Kier molecular flexibility index (Phi) is 2.08. The van der Waals surface area contributed by atoms with Crippen LogP contribution in [0.5, 0.6) is 0 Å². The van der Waals surface area contributed by atoms with E-state index in [0.717, 1.165) is 10.2 Å². The average Bonchev–Trinajstić information content (AvgIpc) is 2.77. The van der Waals surface area contributed by atoms with Crippen LogP contribution in [0.1, 0.15) is 0 Å². The summed E-state index contributed by atoms with van der Waals surface area (Å²) >= 11 is 1.51. The van der Waals surface area contributed by atoms with E-state index in [-0.39, 0.29) is 5.56 Å². The van der Waals surface area contributed by atoms with Gasteiger partial charge in [-0.05, 0) is 18.2 Å². The van der Waals surface area contributed by atoms with Gasteiger partial charge in [0.25, 0.3) is 5.56 Å². The van der Waals surface area contributed by atoms with Crippen LogP contribution in [0.25, 0.3) is 26.1 Å². The number of nitrogens with zero attached hydrogens (tertiary/aromatic N) is 2. The van der Waals surface area contributed by atoms with Crippen molar-refractivity contribution in [3.05, 3.63) is 52.8 Å². The largest absolute Gasteiger partial charge is 0.268 e. The molecule has 0 aliphatic heterocycles. The van der Waals surface area contributed by atoms with Crippen molar-refractivity contribution in [2.45, 2.75) is 0 Å². The summed E-state index contributed by atoms with van der Waals surface area (Å²) in [6.07, 6.45) is 0. The molecular weight excluding hydrogens is 255 g/mol. The summed E-state index contributed by atoms with van der Waals surface area (Å²) in [4.78, 5) is 17.9. The van der Waals surface area contributed by atoms with Gasteiger partial charge in [0.15, 0.2) is 4.96 Å². The van der Waals surface area contributed by atoms with Crippen LogP contribution in [0.2, 0.25) is 0 Å². The van der Waals surface area contributed by atoms with Gasteiger partial charge >= 0.3 is 0 Å². The number of fused-ring (bicyclic) bond motifs is 4. The molecule has 3 nitrogen and oxygen atoms in total. The molecule has 4 aromatic rings. The van der Waals surface area contributed by atoms with E-state index in [2.05, 4.69) is 4.98 Å². The maximum absolute atomic E-state index is 12.6. The van der Waals surface area contributed by atoms with Gasteiger partial charge in [-0.3, -0.25) is 9.20 Å². The molecule has 0 atom stereocenters. The molecule has 2 aromatic heterocycles. The average molecular weight is 262 g/mol. The van der Waals surface area contributed by atoms with Crippen LogP contribution >= 0.6 is 11.3 Å². The maximum Gasteiger partial charge on any atom is 0.266 e. The predicted molar refractivity (Wildman–Crippen MR) is 79.7 cm³/mol. The number of hydrogen-bond donors (Lipinski definition) is 0. The zero-order valence-electron chi connectivity index (χ0n) is 9.83. The number of hydrogen-bond acceptors (Lipinski definition) is 3. The number of aromatic nitrogens is 2. The first-order chi connectivity index (χ1) is 9.25. The van der Waals surface area contributed by atoms with E-state index in [1.165, 1.54) is 11.3 Å². The van der Waals surface area contributed by atoms with Crippen molar-refractivity contribution in [3.8, 4) is 0 Å². The molecule has 0 aliphatic carbocycles. The van der Waals surface area contributed by atoms with E-state index in [4.69, 9.17) is 7.85 Å². The van der Waals surface area contributed by atoms with Gasteiger partial charge in [0.1, 0.15) is 7.85 Å². The Hall–Kier alpha value is -2.14. The third-order valence-electron chi connectivity index (χ3n) is 3.21. The molecule has 0 saturated heterocycles. The van der Waals surface area contributed by atoms with E-state index < -0.39 is 0 Å². The second-order valence-electron chi connectivity index (χ2n) is 4.35. The highest BCUT2D eigenvalue weighted by atomic mass is 32.1. The van der Waals surface area contributed by atoms with Gasteiger partial charge in [0.2, 0.25) is 0 Å². The summed E-state index contributed by atoms with van der Waals surface area (Å²) in [7, 11) is 5.91. The Labute approximate surface area is 113 Å². The molecule has 0 amide bonds. The van der Waals surface area contributed by atoms with Gasteiger partial charge in [-0.25, -0.2) is 4.98 Å². The van der Waals surface area contributed by atoms with Crippen molar-refractivity contribution >= 4 is 50.7 Å². The monoisotopic (exact) mass is 262 g/mol. The van der Waals surface area contributed by atoms with Crippen molar-refractivity contribution in [1.29, 1.82) is 0 Å². The molecule has 5 heteroatoms. The Morgan fingerprint density at radius 1 is 1.11 bits per heavy atom. The van der Waals surface area contributed by atoms with Crippen molar-refractivity contribution in [2.24, 2.45) is 0 Å². The summed E-state index contributed by atoms with van der Waals surface area (Å²) in [5, 5.41) is 0.489. The minimum Gasteiger partial charge on any atom is -0.268 e. The molecule has 0 bridgehead atoms. The normalized spacial score (nSPS) is 11.6. The lowest BCUT2D eigenvalue weighted by Gasteiger charge is -2.02. The topological polar surface area (TPSA) is 34.4 Å². The highest BCUT2D eigenvalue weighted by Crippen LogP contribution is 2.24. The molecule has 2 heterocycles. The predicted octanol–water partition coefficient (Wildman–Crippen LogP) is 1.86. The van der Waals surface area contributed by atoms with Gasteiger partial charge < -0.3 is 0 Å². The first-order valence-corrected chi connectivity index (χ1v) is 6.66. The molecule has 2 aromatic carbocycles. The number of rotatable bonds is 0. The van der Waals surface area contributed by atoms with Crippen LogP contribution in [0.3, 0.4) is 0 Å². The zero-order chi connectivity index (χ0) is 13.0. The number of thiazole rings is 1. The molecule has 0 unspecified atom stereocenters. The van der Waals surface area contributed by atoms with Crippen LogP contribution in [0.4, 0.5) is 0 Å². The van der Waals surface area contributed by atoms with Gasteiger partial charge in [-0.15, -0.1) is 0 Å². The van der Waals surface area contributed by atoms with E-state index in [1.807, 2.05) is 36.4 Å². The van der Waals surface area contributed by atoms with Crippen molar-refractivity contribution in [2.75, 3.05) is 0 Å². The third kappa shape index (κ3) is 1.39. The molecule has 2 radical (unpaired) electrons. The Bertz CT molecular complexity index is 1000.